The van der Waals surface area contributed by atoms with Gasteiger partial charge in [-0.1, -0.05) is 29.3 Å². The molecular weight excluding hydrogens is 295 g/mol. The van der Waals surface area contributed by atoms with Crippen molar-refractivity contribution in [3.8, 4) is 5.75 Å². The number of hydrogen-bond donors (Lipinski definition) is 1. The number of rotatable bonds is 3. The number of nitrogens with zero attached hydrogens (tertiary/aromatic N) is 1. The number of methoxy groups -OCH3 is 1. The van der Waals surface area contributed by atoms with Crippen molar-refractivity contribution < 1.29 is 4.74 Å². The van der Waals surface area contributed by atoms with Crippen LogP contribution >= 0.6 is 23.2 Å². The Labute approximate surface area is 126 Å². The standard InChI is InChI=1S/C15H12Cl2N2O/c1-20-10-3-5-13-14(8-10)19-15(18-13)7-9-2-4-11(16)12(17)6-9/h2-6,8H,7H2,1H3,(H,18,19). The van der Waals surface area contributed by atoms with Crippen molar-refractivity contribution in [1.29, 1.82) is 0 Å². The van der Waals surface area contributed by atoms with Gasteiger partial charge in [-0.15, -0.1) is 0 Å². The number of hydrogen-bond acceptors (Lipinski definition) is 2. The lowest BCUT2D eigenvalue weighted by molar-refractivity contribution is 0.415. The molecule has 0 aliphatic rings. The number of nitrogens with one attached hydrogen (secondary N) is 1. The van der Waals surface area contributed by atoms with Gasteiger partial charge in [-0.3, -0.25) is 0 Å². The van der Waals surface area contributed by atoms with E-state index < -0.39 is 0 Å². The van der Waals surface area contributed by atoms with Crippen molar-refractivity contribution in [3.05, 3.63) is 57.8 Å². The second-order valence-corrected chi connectivity index (χ2v) is 5.31. The Hall–Kier alpha value is -1.71. The number of aromatic amines is 1. The highest BCUT2D eigenvalue weighted by atomic mass is 35.5. The van der Waals surface area contributed by atoms with Gasteiger partial charge in [-0.25, -0.2) is 4.98 Å². The summed E-state index contributed by atoms with van der Waals surface area (Å²) in [6.07, 6.45) is 0.674. The maximum atomic E-state index is 6.02. The zero-order chi connectivity index (χ0) is 14.1. The lowest BCUT2D eigenvalue weighted by Gasteiger charge is -2.00. The third kappa shape index (κ3) is 2.60. The molecule has 2 aromatic carbocycles. The molecule has 5 heteroatoms. The lowest BCUT2D eigenvalue weighted by atomic mass is 10.1. The van der Waals surface area contributed by atoms with E-state index in [-0.39, 0.29) is 0 Å². The summed E-state index contributed by atoms with van der Waals surface area (Å²) < 4.78 is 5.20. The van der Waals surface area contributed by atoms with Gasteiger partial charge in [-0.2, -0.15) is 0 Å². The third-order valence-corrected chi connectivity index (χ3v) is 3.83. The molecule has 20 heavy (non-hydrogen) atoms. The summed E-state index contributed by atoms with van der Waals surface area (Å²) in [5, 5.41) is 1.12. The molecule has 0 aliphatic carbocycles. The van der Waals surface area contributed by atoms with Gasteiger partial charge in [0, 0.05) is 12.5 Å². The molecule has 0 saturated heterocycles. The van der Waals surface area contributed by atoms with Crippen molar-refractivity contribution >= 4 is 34.2 Å². The van der Waals surface area contributed by atoms with E-state index in [1.165, 1.54) is 0 Å². The molecule has 0 fully saturated rings. The first-order valence-electron chi connectivity index (χ1n) is 6.12. The Balaban J connectivity index is 1.92. The molecule has 1 N–H and O–H groups in total. The average Bonchev–Trinajstić information content (AvgIpc) is 2.84. The van der Waals surface area contributed by atoms with E-state index in [9.17, 15) is 0 Å². The van der Waals surface area contributed by atoms with Crippen LogP contribution in [0.5, 0.6) is 5.75 Å². The van der Waals surface area contributed by atoms with E-state index in [0.29, 0.717) is 16.5 Å². The van der Waals surface area contributed by atoms with Gasteiger partial charge in [0.1, 0.15) is 11.6 Å². The van der Waals surface area contributed by atoms with E-state index >= 15 is 0 Å². The van der Waals surface area contributed by atoms with Crippen molar-refractivity contribution in [3.63, 3.8) is 0 Å². The van der Waals surface area contributed by atoms with Gasteiger partial charge in [-0.05, 0) is 29.8 Å². The molecule has 1 aromatic heterocycles. The minimum atomic E-state index is 0.557. The zero-order valence-electron chi connectivity index (χ0n) is 10.8. The Morgan fingerprint density at radius 3 is 2.70 bits per heavy atom. The van der Waals surface area contributed by atoms with Crippen LogP contribution in [0.4, 0.5) is 0 Å². The highest BCUT2D eigenvalue weighted by Gasteiger charge is 2.06. The van der Waals surface area contributed by atoms with Crippen LogP contribution < -0.4 is 4.74 Å². The van der Waals surface area contributed by atoms with E-state index in [1.807, 2.05) is 30.3 Å². The molecule has 102 valence electrons. The van der Waals surface area contributed by atoms with E-state index in [0.717, 1.165) is 28.2 Å². The first kappa shape index (κ1) is 13.3. The fourth-order valence-electron chi connectivity index (χ4n) is 2.10. The molecule has 1 heterocycles. The molecule has 0 saturated carbocycles. The normalized spacial score (nSPS) is 10.9. The third-order valence-electron chi connectivity index (χ3n) is 3.09. The molecular formula is C15H12Cl2N2O. The molecule has 0 unspecified atom stereocenters. The van der Waals surface area contributed by atoms with Crippen molar-refractivity contribution in [2.75, 3.05) is 7.11 Å². The first-order valence-corrected chi connectivity index (χ1v) is 6.88. The molecule has 0 aliphatic heterocycles. The minimum absolute atomic E-state index is 0.557. The summed E-state index contributed by atoms with van der Waals surface area (Å²) in [5.41, 5.74) is 2.94. The molecule has 0 atom stereocenters. The van der Waals surface area contributed by atoms with Crippen molar-refractivity contribution in [1.82, 2.24) is 9.97 Å². The summed E-state index contributed by atoms with van der Waals surface area (Å²) in [4.78, 5) is 7.83. The van der Waals surface area contributed by atoms with E-state index in [1.54, 1.807) is 13.2 Å². The van der Waals surface area contributed by atoms with Crippen LogP contribution in [0.25, 0.3) is 11.0 Å². The van der Waals surface area contributed by atoms with E-state index in [2.05, 4.69) is 9.97 Å². The second-order valence-electron chi connectivity index (χ2n) is 4.49. The number of aromatic nitrogens is 2. The van der Waals surface area contributed by atoms with Crippen LogP contribution in [0.15, 0.2) is 36.4 Å². The van der Waals surface area contributed by atoms with Gasteiger partial charge in [0.05, 0.1) is 28.2 Å². The largest absolute Gasteiger partial charge is 0.497 e. The average molecular weight is 307 g/mol. The molecule has 0 radical (unpaired) electrons. The summed E-state index contributed by atoms with van der Waals surface area (Å²) in [7, 11) is 1.65. The number of H-pyrrole nitrogens is 1. The highest BCUT2D eigenvalue weighted by molar-refractivity contribution is 6.42. The van der Waals surface area contributed by atoms with Crippen LogP contribution in [0.3, 0.4) is 0 Å². The van der Waals surface area contributed by atoms with Gasteiger partial charge in [0.25, 0.3) is 0 Å². The Morgan fingerprint density at radius 2 is 1.95 bits per heavy atom. The summed E-state index contributed by atoms with van der Waals surface area (Å²) in [5.74, 6) is 1.69. The summed E-state index contributed by atoms with van der Waals surface area (Å²) in [6, 6.07) is 11.4. The van der Waals surface area contributed by atoms with E-state index in [4.69, 9.17) is 27.9 Å². The Bertz CT molecular complexity index is 768. The number of ether oxygens (including phenoxy) is 1. The zero-order valence-corrected chi connectivity index (χ0v) is 12.3. The maximum absolute atomic E-state index is 6.02. The number of halogens is 2. The van der Waals surface area contributed by atoms with Crippen LogP contribution in [0.2, 0.25) is 10.0 Å². The fraction of sp³-hybridized carbons (Fsp3) is 0.133. The number of fused-ring (bicyclic) bond motifs is 1. The van der Waals surface area contributed by atoms with Crippen LogP contribution in [0.1, 0.15) is 11.4 Å². The molecule has 3 nitrogen and oxygen atoms in total. The fourth-order valence-corrected chi connectivity index (χ4v) is 2.42. The van der Waals surface area contributed by atoms with Crippen molar-refractivity contribution in [2.24, 2.45) is 0 Å². The lowest BCUT2D eigenvalue weighted by Crippen LogP contribution is -1.90. The highest BCUT2D eigenvalue weighted by Crippen LogP contribution is 2.24. The van der Waals surface area contributed by atoms with Gasteiger partial charge < -0.3 is 9.72 Å². The first-order chi connectivity index (χ1) is 9.65. The molecule has 3 aromatic rings. The summed E-state index contributed by atoms with van der Waals surface area (Å²) >= 11 is 11.9. The molecule has 0 amide bonds. The van der Waals surface area contributed by atoms with Gasteiger partial charge >= 0.3 is 0 Å². The summed E-state index contributed by atoms with van der Waals surface area (Å²) in [6.45, 7) is 0. The van der Waals surface area contributed by atoms with Gasteiger partial charge in [0.2, 0.25) is 0 Å². The number of imidazole rings is 1. The minimum Gasteiger partial charge on any atom is -0.497 e. The quantitative estimate of drug-likeness (QED) is 0.775. The molecule has 0 bridgehead atoms. The SMILES string of the molecule is COc1ccc2nc(Cc3ccc(Cl)c(Cl)c3)[nH]c2c1. The van der Waals surface area contributed by atoms with Crippen LogP contribution in [-0.4, -0.2) is 17.1 Å². The topological polar surface area (TPSA) is 37.9 Å². The smallest absolute Gasteiger partial charge is 0.121 e. The van der Waals surface area contributed by atoms with Gasteiger partial charge in [0.15, 0.2) is 0 Å². The predicted octanol–water partition coefficient (Wildman–Crippen LogP) is 4.47. The molecule has 3 rings (SSSR count). The Morgan fingerprint density at radius 1 is 1.10 bits per heavy atom. The van der Waals surface area contributed by atoms with Crippen LogP contribution in [-0.2, 0) is 6.42 Å². The predicted molar refractivity (Wildman–Crippen MR) is 81.9 cm³/mol. The van der Waals surface area contributed by atoms with Crippen LogP contribution in [0, 0.1) is 0 Å². The number of benzene rings is 2. The Kier molecular flexibility index (Phi) is 3.55. The second kappa shape index (κ2) is 5.35. The van der Waals surface area contributed by atoms with Crippen molar-refractivity contribution in [2.45, 2.75) is 6.42 Å². The molecule has 0 spiro atoms. The maximum Gasteiger partial charge on any atom is 0.121 e. The monoisotopic (exact) mass is 306 g/mol.